The van der Waals surface area contributed by atoms with Crippen LogP contribution in [0.1, 0.15) is 11.1 Å². The number of hydrogen-bond acceptors (Lipinski definition) is 4. The molecule has 0 atom stereocenters. The first-order valence-electron chi connectivity index (χ1n) is 6.78. The van der Waals surface area contributed by atoms with Crippen LogP contribution in [-0.4, -0.2) is 16.3 Å². The summed E-state index contributed by atoms with van der Waals surface area (Å²) < 4.78 is 38.6. The summed E-state index contributed by atoms with van der Waals surface area (Å²) >= 11 is 4.90. The number of nitro groups is 1. The fraction of sp³-hybridized carbons (Fsp3) is 0.0667. The molecular formula is C15H11F3N4O2S. The molecule has 2 aromatic carbocycles. The minimum atomic E-state index is -4.51. The SMILES string of the molecule is O=[N+]([O-])c1ccc(/C=N\NC(=S)Nc2ccccc2C(F)(F)F)cc1. The van der Waals surface area contributed by atoms with Crippen molar-refractivity contribution in [2.45, 2.75) is 6.18 Å². The molecule has 6 nitrogen and oxygen atoms in total. The van der Waals surface area contributed by atoms with Gasteiger partial charge in [0.1, 0.15) is 0 Å². The summed E-state index contributed by atoms with van der Waals surface area (Å²) in [6, 6.07) is 10.5. The van der Waals surface area contributed by atoms with Crippen LogP contribution in [0.4, 0.5) is 24.5 Å². The number of nitrogens with zero attached hydrogens (tertiary/aromatic N) is 2. The van der Waals surface area contributed by atoms with Crippen LogP contribution in [0.3, 0.4) is 0 Å². The molecule has 2 rings (SSSR count). The summed E-state index contributed by atoms with van der Waals surface area (Å²) in [5.74, 6) is 0. The summed E-state index contributed by atoms with van der Waals surface area (Å²) in [6.07, 6.45) is -3.19. The normalized spacial score (nSPS) is 11.3. The number of para-hydroxylation sites is 1. The fourth-order valence-corrected chi connectivity index (χ4v) is 2.00. The van der Waals surface area contributed by atoms with Crippen molar-refractivity contribution >= 4 is 34.9 Å². The van der Waals surface area contributed by atoms with E-state index in [1.807, 2.05) is 0 Å². The molecule has 2 N–H and O–H groups in total. The van der Waals surface area contributed by atoms with Crippen LogP contribution in [0.25, 0.3) is 0 Å². The Morgan fingerprint density at radius 3 is 2.40 bits per heavy atom. The molecule has 130 valence electrons. The molecule has 0 spiro atoms. The van der Waals surface area contributed by atoms with Crippen LogP contribution in [0.15, 0.2) is 53.6 Å². The van der Waals surface area contributed by atoms with Crippen molar-refractivity contribution in [2.75, 3.05) is 5.32 Å². The first kappa shape index (κ1) is 18.3. The van der Waals surface area contributed by atoms with Gasteiger partial charge in [-0.2, -0.15) is 18.3 Å². The fourth-order valence-electron chi connectivity index (χ4n) is 1.84. The summed E-state index contributed by atoms with van der Waals surface area (Å²) in [7, 11) is 0. The first-order chi connectivity index (χ1) is 11.8. The van der Waals surface area contributed by atoms with Gasteiger partial charge in [0.05, 0.1) is 22.4 Å². The number of nitro benzene ring substituents is 1. The molecule has 0 aliphatic heterocycles. The Morgan fingerprint density at radius 1 is 1.16 bits per heavy atom. The van der Waals surface area contributed by atoms with E-state index >= 15 is 0 Å². The van der Waals surface area contributed by atoms with Crippen molar-refractivity contribution in [3.05, 3.63) is 69.8 Å². The lowest BCUT2D eigenvalue weighted by Gasteiger charge is -2.14. The molecule has 0 amide bonds. The van der Waals surface area contributed by atoms with Crippen molar-refractivity contribution in [3.8, 4) is 0 Å². The number of anilines is 1. The molecule has 0 fully saturated rings. The minimum absolute atomic E-state index is 0.0638. The van der Waals surface area contributed by atoms with Gasteiger partial charge in [-0.05, 0) is 42.0 Å². The van der Waals surface area contributed by atoms with Gasteiger partial charge in [0.15, 0.2) is 5.11 Å². The van der Waals surface area contributed by atoms with Crippen molar-refractivity contribution in [1.29, 1.82) is 0 Å². The standard InChI is InChI=1S/C15H11F3N4O2S/c16-15(17,18)12-3-1-2-4-13(12)20-14(25)21-19-9-10-5-7-11(8-6-10)22(23)24/h1-9H,(H2,20,21,25)/b19-9-. The van der Waals surface area contributed by atoms with E-state index in [2.05, 4.69) is 15.8 Å². The Hall–Kier alpha value is -3.01. The average molecular weight is 368 g/mol. The van der Waals surface area contributed by atoms with Gasteiger partial charge in [0.25, 0.3) is 5.69 Å². The highest BCUT2D eigenvalue weighted by Gasteiger charge is 2.33. The number of benzene rings is 2. The Kier molecular flexibility index (Phi) is 5.65. The van der Waals surface area contributed by atoms with Crippen LogP contribution >= 0.6 is 12.2 Å². The van der Waals surface area contributed by atoms with E-state index in [0.29, 0.717) is 5.56 Å². The van der Waals surface area contributed by atoms with Crippen molar-refractivity contribution in [1.82, 2.24) is 5.43 Å². The number of alkyl halides is 3. The van der Waals surface area contributed by atoms with Gasteiger partial charge in [0, 0.05) is 12.1 Å². The lowest BCUT2D eigenvalue weighted by Crippen LogP contribution is -2.25. The number of rotatable bonds is 4. The van der Waals surface area contributed by atoms with Crippen molar-refractivity contribution in [3.63, 3.8) is 0 Å². The van der Waals surface area contributed by atoms with Gasteiger partial charge >= 0.3 is 6.18 Å². The third kappa shape index (κ3) is 5.24. The summed E-state index contributed by atoms with van der Waals surface area (Å²) in [4.78, 5) is 10.0. The Balaban J connectivity index is 1.98. The van der Waals surface area contributed by atoms with Gasteiger partial charge in [-0.1, -0.05) is 12.1 Å². The molecule has 2 aromatic rings. The highest BCUT2D eigenvalue weighted by molar-refractivity contribution is 7.80. The first-order valence-corrected chi connectivity index (χ1v) is 7.19. The molecule has 0 bridgehead atoms. The third-order valence-electron chi connectivity index (χ3n) is 2.96. The molecule has 25 heavy (non-hydrogen) atoms. The molecule has 0 saturated heterocycles. The molecule has 10 heteroatoms. The highest BCUT2D eigenvalue weighted by atomic mass is 32.1. The van der Waals surface area contributed by atoms with Gasteiger partial charge in [-0.25, -0.2) is 0 Å². The molecular weight excluding hydrogens is 357 g/mol. The number of non-ortho nitro benzene ring substituents is 1. The number of thiocarbonyl (C=S) groups is 1. The van der Waals surface area contributed by atoms with Crippen LogP contribution in [-0.2, 0) is 6.18 Å². The zero-order valence-corrected chi connectivity index (χ0v) is 13.3. The maximum absolute atomic E-state index is 12.9. The summed E-state index contributed by atoms with van der Waals surface area (Å²) in [6.45, 7) is 0. The van der Waals surface area contributed by atoms with E-state index in [9.17, 15) is 23.3 Å². The van der Waals surface area contributed by atoms with Crippen molar-refractivity contribution < 1.29 is 18.1 Å². The van der Waals surface area contributed by atoms with Gasteiger partial charge in [-0.15, -0.1) is 0 Å². The molecule has 0 radical (unpaired) electrons. The Morgan fingerprint density at radius 2 is 1.80 bits per heavy atom. The molecule has 0 aliphatic carbocycles. The largest absolute Gasteiger partial charge is 0.418 e. The van der Waals surface area contributed by atoms with E-state index < -0.39 is 16.7 Å². The third-order valence-corrected chi connectivity index (χ3v) is 3.16. The maximum Gasteiger partial charge on any atom is 0.418 e. The van der Waals surface area contributed by atoms with E-state index in [0.717, 1.165) is 6.07 Å². The summed E-state index contributed by atoms with van der Waals surface area (Å²) in [5.41, 5.74) is 1.83. The second-order valence-electron chi connectivity index (χ2n) is 4.72. The summed E-state index contributed by atoms with van der Waals surface area (Å²) in [5, 5.41) is 16.6. The molecule has 0 aliphatic rings. The molecule has 0 aromatic heterocycles. The number of hydrogen-bond donors (Lipinski definition) is 2. The minimum Gasteiger partial charge on any atom is -0.331 e. The monoisotopic (exact) mass is 368 g/mol. The Labute approximate surface area is 145 Å². The van der Waals surface area contributed by atoms with E-state index in [1.54, 1.807) is 0 Å². The lowest BCUT2D eigenvalue weighted by atomic mass is 10.2. The van der Waals surface area contributed by atoms with E-state index in [4.69, 9.17) is 12.2 Å². The Bertz CT molecular complexity index is 807. The second kappa shape index (κ2) is 7.71. The zero-order chi connectivity index (χ0) is 18.4. The topological polar surface area (TPSA) is 79.6 Å². The van der Waals surface area contributed by atoms with Crippen LogP contribution < -0.4 is 10.7 Å². The lowest BCUT2D eigenvalue weighted by molar-refractivity contribution is -0.384. The smallest absolute Gasteiger partial charge is 0.331 e. The van der Waals surface area contributed by atoms with E-state index in [1.165, 1.54) is 48.7 Å². The predicted octanol–water partition coefficient (Wildman–Crippen LogP) is 3.93. The van der Waals surface area contributed by atoms with Crippen LogP contribution in [0, 0.1) is 10.1 Å². The number of hydrazone groups is 1. The number of halogens is 3. The quantitative estimate of drug-likeness (QED) is 0.370. The van der Waals surface area contributed by atoms with Crippen LogP contribution in [0.2, 0.25) is 0 Å². The molecule has 0 saturated carbocycles. The van der Waals surface area contributed by atoms with Gasteiger partial charge < -0.3 is 5.32 Å². The van der Waals surface area contributed by atoms with Crippen LogP contribution in [0.5, 0.6) is 0 Å². The van der Waals surface area contributed by atoms with E-state index in [-0.39, 0.29) is 16.5 Å². The zero-order valence-electron chi connectivity index (χ0n) is 12.4. The van der Waals surface area contributed by atoms with Gasteiger partial charge in [0.2, 0.25) is 0 Å². The molecule has 0 unspecified atom stereocenters. The molecule has 0 heterocycles. The van der Waals surface area contributed by atoms with Crippen molar-refractivity contribution in [2.24, 2.45) is 5.10 Å². The maximum atomic E-state index is 12.9. The van der Waals surface area contributed by atoms with Gasteiger partial charge in [-0.3, -0.25) is 15.5 Å². The highest BCUT2D eigenvalue weighted by Crippen LogP contribution is 2.34. The predicted molar refractivity (Wildman–Crippen MR) is 91.5 cm³/mol. The average Bonchev–Trinajstić information content (AvgIpc) is 2.55. The second-order valence-corrected chi connectivity index (χ2v) is 5.12. The number of nitrogens with one attached hydrogen (secondary N) is 2.